The summed E-state index contributed by atoms with van der Waals surface area (Å²) in [5.74, 6) is 0.996. The number of ether oxygens (including phenoxy) is 1. The van der Waals surface area contributed by atoms with Gasteiger partial charge in [0, 0.05) is 45.1 Å². The molecular weight excluding hydrogens is 306 g/mol. The van der Waals surface area contributed by atoms with E-state index in [1.807, 2.05) is 24.5 Å². The van der Waals surface area contributed by atoms with Gasteiger partial charge >= 0.3 is 0 Å². The molecule has 0 radical (unpaired) electrons. The first kappa shape index (κ1) is 15.4. The number of aryl methyl sites for hydroxylation is 1. The molecule has 24 heavy (non-hydrogen) atoms. The van der Waals surface area contributed by atoms with Gasteiger partial charge in [-0.3, -0.25) is 9.48 Å². The molecule has 1 aliphatic carbocycles. The maximum absolute atomic E-state index is 12.8. The summed E-state index contributed by atoms with van der Waals surface area (Å²) in [6.07, 6.45) is 8.07. The molecule has 0 unspecified atom stereocenters. The molecule has 1 aliphatic heterocycles. The van der Waals surface area contributed by atoms with Crippen molar-refractivity contribution in [2.45, 2.75) is 25.9 Å². The van der Waals surface area contributed by atoms with E-state index < -0.39 is 0 Å². The van der Waals surface area contributed by atoms with E-state index in [4.69, 9.17) is 4.74 Å². The molecule has 0 bridgehead atoms. The highest BCUT2D eigenvalue weighted by atomic mass is 16.5. The van der Waals surface area contributed by atoms with Crippen LogP contribution < -0.4 is 0 Å². The largest absolute Gasteiger partial charge is 0.381 e. The van der Waals surface area contributed by atoms with Crippen LogP contribution in [0.2, 0.25) is 0 Å². The van der Waals surface area contributed by atoms with Crippen LogP contribution in [0.15, 0.2) is 24.8 Å². The van der Waals surface area contributed by atoms with E-state index >= 15 is 0 Å². The number of carbonyl (C=O) groups excluding carboxylic acids is 1. The molecule has 1 fully saturated rings. The molecule has 1 atom stereocenters. The van der Waals surface area contributed by atoms with Gasteiger partial charge in [-0.2, -0.15) is 5.10 Å². The van der Waals surface area contributed by atoms with Gasteiger partial charge in [0.2, 0.25) is 0 Å². The molecule has 7 nitrogen and oxygen atoms in total. The zero-order valence-corrected chi connectivity index (χ0v) is 14.0. The monoisotopic (exact) mass is 329 g/mol. The summed E-state index contributed by atoms with van der Waals surface area (Å²) in [6.45, 7) is 3.61. The number of hydrogen-bond donors (Lipinski definition) is 0. The van der Waals surface area contributed by atoms with Crippen LogP contribution in [-0.4, -0.2) is 49.9 Å². The van der Waals surface area contributed by atoms with E-state index in [1.54, 1.807) is 16.9 Å². The highest BCUT2D eigenvalue weighted by Crippen LogP contribution is 2.29. The predicted molar refractivity (Wildman–Crippen MR) is 87.2 cm³/mol. The Hall–Kier alpha value is -2.15. The number of fused-ring (bicyclic) bond motifs is 1. The van der Waals surface area contributed by atoms with Gasteiger partial charge in [0.1, 0.15) is 5.69 Å². The van der Waals surface area contributed by atoms with Gasteiger partial charge in [-0.15, -0.1) is 0 Å². The number of imidazole rings is 1. The van der Waals surface area contributed by atoms with Gasteiger partial charge in [-0.05, 0) is 24.8 Å². The average molecular weight is 329 g/mol. The minimum atomic E-state index is -0.0301. The predicted octanol–water partition coefficient (Wildman–Crippen LogP) is 1.32. The Kier molecular flexibility index (Phi) is 4.10. The topological polar surface area (TPSA) is 65.2 Å². The Morgan fingerprint density at radius 3 is 2.88 bits per heavy atom. The van der Waals surface area contributed by atoms with Crippen LogP contribution in [0.1, 0.15) is 29.0 Å². The Balaban J connectivity index is 1.48. The fourth-order valence-corrected chi connectivity index (χ4v) is 3.19. The fourth-order valence-electron chi connectivity index (χ4n) is 3.19. The molecule has 3 heterocycles. The first-order chi connectivity index (χ1) is 11.7. The lowest BCUT2D eigenvalue weighted by Crippen LogP contribution is -2.35. The van der Waals surface area contributed by atoms with Crippen molar-refractivity contribution in [3.63, 3.8) is 0 Å². The van der Waals surface area contributed by atoms with Crippen molar-refractivity contribution in [2.24, 2.45) is 18.9 Å². The zero-order valence-electron chi connectivity index (χ0n) is 14.0. The van der Waals surface area contributed by atoms with Crippen LogP contribution in [0, 0.1) is 11.8 Å². The van der Waals surface area contributed by atoms with Gasteiger partial charge in [-0.1, -0.05) is 0 Å². The number of amides is 1. The van der Waals surface area contributed by atoms with E-state index in [2.05, 4.69) is 14.6 Å². The van der Waals surface area contributed by atoms with Crippen molar-refractivity contribution in [2.75, 3.05) is 19.8 Å². The lowest BCUT2D eigenvalue weighted by molar-refractivity contribution is 0.0567. The molecule has 0 saturated heterocycles. The van der Waals surface area contributed by atoms with Crippen molar-refractivity contribution >= 4 is 5.91 Å². The van der Waals surface area contributed by atoms with Gasteiger partial charge in [0.05, 0.1) is 25.2 Å². The molecule has 2 aromatic rings. The number of carbonyl (C=O) groups is 1. The molecule has 2 aliphatic rings. The summed E-state index contributed by atoms with van der Waals surface area (Å²) in [6, 6.07) is 1.77. The number of rotatable bonds is 5. The summed E-state index contributed by atoms with van der Waals surface area (Å²) >= 11 is 0. The van der Waals surface area contributed by atoms with Crippen LogP contribution in [0.25, 0.3) is 0 Å². The normalized spacial score (nSPS) is 20.7. The summed E-state index contributed by atoms with van der Waals surface area (Å²) in [7, 11) is 1.82. The SMILES string of the molecule is Cn1ccc(C(=O)N2Cc3cncn3C[C@H](COCC3CC3)C2)n1. The summed E-state index contributed by atoms with van der Waals surface area (Å²) in [4.78, 5) is 18.9. The van der Waals surface area contributed by atoms with Crippen molar-refractivity contribution in [3.05, 3.63) is 36.2 Å². The van der Waals surface area contributed by atoms with Crippen LogP contribution in [0.5, 0.6) is 0 Å². The third kappa shape index (κ3) is 3.36. The molecule has 1 saturated carbocycles. The lowest BCUT2D eigenvalue weighted by Gasteiger charge is -2.23. The number of aromatic nitrogens is 4. The van der Waals surface area contributed by atoms with Crippen LogP contribution in [0.3, 0.4) is 0 Å². The summed E-state index contributed by atoms with van der Waals surface area (Å²) in [5, 5.41) is 4.25. The Labute approximate surface area is 141 Å². The molecule has 2 aromatic heterocycles. The van der Waals surface area contributed by atoms with Gasteiger partial charge in [-0.25, -0.2) is 4.98 Å². The third-order valence-electron chi connectivity index (χ3n) is 4.71. The third-order valence-corrected chi connectivity index (χ3v) is 4.71. The summed E-state index contributed by atoms with van der Waals surface area (Å²) < 4.78 is 9.68. The molecule has 128 valence electrons. The second kappa shape index (κ2) is 6.39. The van der Waals surface area contributed by atoms with Crippen molar-refractivity contribution in [1.82, 2.24) is 24.2 Å². The summed E-state index contributed by atoms with van der Waals surface area (Å²) in [5.41, 5.74) is 1.55. The minimum absolute atomic E-state index is 0.0301. The van der Waals surface area contributed by atoms with E-state index in [9.17, 15) is 4.79 Å². The molecule has 4 rings (SSSR count). The second-order valence-corrected chi connectivity index (χ2v) is 6.94. The minimum Gasteiger partial charge on any atom is -0.381 e. The van der Waals surface area contributed by atoms with Crippen molar-refractivity contribution in [3.8, 4) is 0 Å². The van der Waals surface area contributed by atoms with Gasteiger partial charge in [0.25, 0.3) is 5.91 Å². The lowest BCUT2D eigenvalue weighted by atomic mass is 10.1. The standard InChI is InChI=1S/C17H23N5O2/c1-20-5-4-16(19-20)17(23)21-7-14(11-24-10-13-2-3-13)8-22-12-18-6-15(22)9-21/h4-6,12-14H,2-3,7-11H2,1H3/t14-/m1/s1. The molecule has 0 aromatic carbocycles. The highest BCUT2D eigenvalue weighted by molar-refractivity contribution is 5.92. The average Bonchev–Trinajstić information content (AvgIpc) is 3.19. The van der Waals surface area contributed by atoms with Crippen LogP contribution in [-0.2, 0) is 24.9 Å². The van der Waals surface area contributed by atoms with E-state index in [0.717, 1.165) is 24.8 Å². The molecule has 7 heteroatoms. The smallest absolute Gasteiger partial charge is 0.274 e. The maximum atomic E-state index is 12.8. The van der Waals surface area contributed by atoms with E-state index in [0.29, 0.717) is 25.4 Å². The quantitative estimate of drug-likeness (QED) is 0.830. The Morgan fingerprint density at radius 2 is 2.12 bits per heavy atom. The molecule has 0 N–H and O–H groups in total. The highest BCUT2D eigenvalue weighted by Gasteiger charge is 2.28. The maximum Gasteiger partial charge on any atom is 0.274 e. The molecule has 0 spiro atoms. The van der Waals surface area contributed by atoms with Gasteiger partial charge in [0.15, 0.2) is 0 Å². The number of nitrogens with zero attached hydrogens (tertiary/aromatic N) is 5. The van der Waals surface area contributed by atoms with Crippen molar-refractivity contribution < 1.29 is 9.53 Å². The van der Waals surface area contributed by atoms with Gasteiger partial charge < -0.3 is 14.2 Å². The zero-order chi connectivity index (χ0) is 16.5. The Bertz CT molecular complexity index is 718. The van der Waals surface area contributed by atoms with E-state index in [-0.39, 0.29) is 11.8 Å². The van der Waals surface area contributed by atoms with Crippen LogP contribution in [0.4, 0.5) is 0 Å². The molecule has 1 amide bonds. The Morgan fingerprint density at radius 1 is 1.29 bits per heavy atom. The van der Waals surface area contributed by atoms with Crippen molar-refractivity contribution in [1.29, 1.82) is 0 Å². The first-order valence-corrected chi connectivity index (χ1v) is 8.54. The van der Waals surface area contributed by atoms with E-state index in [1.165, 1.54) is 12.8 Å². The second-order valence-electron chi connectivity index (χ2n) is 6.94. The molecular formula is C17H23N5O2. The first-order valence-electron chi connectivity index (χ1n) is 8.54. The van der Waals surface area contributed by atoms with Crippen LogP contribution >= 0.6 is 0 Å². The fraction of sp³-hybridized carbons (Fsp3) is 0.588. The number of hydrogen-bond acceptors (Lipinski definition) is 4.